The Morgan fingerprint density at radius 3 is 2.63 bits per heavy atom. The SMILES string of the molecule is Cc1cc(C)nc(N2C[C@@H]3CCN(C(=O)c4cccc(C)c4-n4ccnn4)C[C@@H]32)n1. The van der Waals surface area contributed by atoms with Crippen molar-refractivity contribution in [3.8, 4) is 5.69 Å². The Hall–Kier alpha value is -3.29. The van der Waals surface area contributed by atoms with Crippen LogP contribution < -0.4 is 4.90 Å². The Morgan fingerprint density at radius 1 is 1.10 bits per heavy atom. The quantitative estimate of drug-likeness (QED) is 0.668. The number of aromatic nitrogens is 5. The van der Waals surface area contributed by atoms with E-state index in [4.69, 9.17) is 0 Å². The molecule has 0 saturated carbocycles. The molecule has 8 nitrogen and oxygen atoms in total. The van der Waals surface area contributed by atoms with Crippen LogP contribution in [0.15, 0.2) is 36.7 Å². The van der Waals surface area contributed by atoms with Crippen molar-refractivity contribution in [1.29, 1.82) is 0 Å². The molecule has 0 bridgehead atoms. The van der Waals surface area contributed by atoms with Gasteiger partial charge in [-0.2, -0.15) is 0 Å². The first-order valence-electron chi connectivity index (χ1n) is 10.4. The normalized spacial score (nSPS) is 20.6. The number of rotatable bonds is 3. The summed E-state index contributed by atoms with van der Waals surface area (Å²) in [6.07, 6.45) is 4.40. The molecule has 3 aromatic rings. The maximum absolute atomic E-state index is 13.5. The first kappa shape index (κ1) is 18.7. The fourth-order valence-corrected chi connectivity index (χ4v) is 4.68. The Morgan fingerprint density at radius 2 is 1.90 bits per heavy atom. The van der Waals surface area contributed by atoms with Crippen LogP contribution in [0.5, 0.6) is 0 Å². The molecule has 2 atom stereocenters. The maximum Gasteiger partial charge on any atom is 0.256 e. The summed E-state index contributed by atoms with van der Waals surface area (Å²) >= 11 is 0. The van der Waals surface area contributed by atoms with Gasteiger partial charge >= 0.3 is 0 Å². The molecule has 2 fully saturated rings. The van der Waals surface area contributed by atoms with Crippen molar-refractivity contribution in [3.05, 3.63) is 59.2 Å². The van der Waals surface area contributed by atoms with E-state index in [1.807, 2.05) is 49.9 Å². The van der Waals surface area contributed by atoms with Gasteiger partial charge in [0.25, 0.3) is 5.91 Å². The number of hydrogen-bond donors (Lipinski definition) is 0. The van der Waals surface area contributed by atoms with Crippen molar-refractivity contribution in [3.63, 3.8) is 0 Å². The van der Waals surface area contributed by atoms with Crippen LogP contribution in [0.2, 0.25) is 0 Å². The zero-order valence-electron chi connectivity index (χ0n) is 17.5. The Balaban J connectivity index is 1.40. The molecule has 0 N–H and O–H groups in total. The van der Waals surface area contributed by atoms with Crippen LogP contribution in [0, 0.1) is 26.7 Å². The van der Waals surface area contributed by atoms with Gasteiger partial charge in [0.15, 0.2) is 0 Å². The predicted molar refractivity (Wildman–Crippen MR) is 113 cm³/mol. The summed E-state index contributed by atoms with van der Waals surface area (Å²) in [5, 5.41) is 8.02. The summed E-state index contributed by atoms with van der Waals surface area (Å²) in [6.45, 7) is 8.40. The minimum absolute atomic E-state index is 0.0378. The highest BCUT2D eigenvalue weighted by molar-refractivity contribution is 5.98. The van der Waals surface area contributed by atoms with Gasteiger partial charge in [0.2, 0.25) is 5.95 Å². The van der Waals surface area contributed by atoms with Crippen LogP contribution in [0.3, 0.4) is 0 Å². The van der Waals surface area contributed by atoms with Gasteiger partial charge in [0.05, 0.1) is 29.7 Å². The van der Waals surface area contributed by atoms with Gasteiger partial charge in [-0.15, -0.1) is 5.10 Å². The van der Waals surface area contributed by atoms with Crippen molar-refractivity contribution in [1.82, 2.24) is 29.9 Å². The standard InChI is InChI=1S/C22H25N7O/c1-14-5-4-6-18(20(14)29-10-8-23-26-29)21(30)27-9-7-17-12-28(19(17)13-27)22-24-15(2)11-16(3)25-22/h4-6,8,10-11,17,19H,7,9,12-13H2,1-3H3/t17-,19-/m0/s1. The lowest BCUT2D eigenvalue weighted by molar-refractivity contribution is 0.0589. The topological polar surface area (TPSA) is 80.0 Å². The van der Waals surface area contributed by atoms with Crippen LogP contribution in [-0.4, -0.2) is 61.4 Å². The van der Waals surface area contributed by atoms with Crippen molar-refractivity contribution >= 4 is 11.9 Å². The average molecular weight is 403 g/mol. The molecule has 2 saturated heterocycles. The molecule has 154 valence electrons. The molecule has 5 rings (SSSR count). The average Bonchev–Trinajstić information content (AvgIpc) is 3.22. The number of para-hydroxylation sites is 1. The van der Waals surface area contributed by atoms with Crippen molar-refractivity contribution in [2.45, 2.75) is 33.2 Å². The highest BCUT2D eigenvalue weighted by Crippen LogP contribution is 2.36. The lowest BCUT2D eigenvalue weighted by Crippen LogP contribution is -2.65. The Kier molecular flexibility index (Phi) is 4.49. The van der Waals surface area contributed by atoms with E-state index in [-0.39, 0.29) is 11.9 Å². The molecular formula is C22H25N7O. The van der Waals surface area contributed by atoms with Crippen LogP contribution >= 0.6 is 0 Å². The number of likely N-dealkylation sites (tertiary alicyclic amines) is 1. The molecule has 2 aromatic heterocycles. The summed E-state index contributed by atoms with van der Waals surface area (Å²) < 4.78 is 1.67. The number of benzene rings is 1. The summed E-state index contributed by atoms with van der Waals surface area (Å²) in [5.74, 6) is 1.41. The number of fused-ring (bicyclic) bond motifs is 1. The first-order chi connectivity index (χ1) is 14.5. The summed E-state index contributed by atoms with van der Waals surface area (Å²) in [4.78, 5) is 27.0. The molecular weight excluding hydrogens is 378 g/mol. The second-order valence-corrected chi connectivity index (χ2v) is 8.29. The van der Waals surface area contributed by atoms with Gasteiger partial charge < -0.3 is 9.80 Å². The minimum atomic E-state index is 0.0378. The molecule has 0 aliphatic carbocycles. The third kappa shape index (κ3) is 3.12. The molecule has 8 heteroatoms. The third-order valence-electron chi connectivity index (χ3n) is 6.19. The fraction of sp³-hybridized carbons (Fsp3) is 0.409. The molecule has 1 aromatic carbocycles. The predicted octanol–water partition coefficient (Wildman–Crippen LogP) is 2.33. The molecule has 2 aliphatic rings. The molecule has 4 heterocycles. The molecule has 0 unspecified atom stereocenters. The van der Waals surface area contributed by atoms with E-state index in [1.165, 1.54) is 0 Å². The lowest BCUT2D eigenvalue weighted by Gasteiger charge is -2.53. The van der Waals surface area contributed by atoms with Gasteiger partial charge in [-0.3, -0.25) is 4.79 Å². The zero-order valence-corrected chi connectivity index (χ0v) is 17.5. The van der Waals surface area contributed by atoms with Gasteiger partial charge in [-0.05, 0) is 44.9 Å². The van der Waals surface area contributed by atoms with Crippen LogP contribution in [-0.2, 0) is 0 Å². The highest BCUT2D eigenvalue weighted by Gasteiger charge is 2.45. The number of hydrogen-bond acceptors (Lipinski definition) is 6. The monoisotopic (exact) mass is 403 g/mol. The lowest BCUT2D eigenvalue weighted by atomic mass is 9.82. The highest BCUT2D eigenvalue weighted by atomic mass is 16.2. The van der Waals surface area contributed by atoms with Gasteiger partial charge in [-0.1, -0.05) is 17.3 Å². The number of amides is 1. The summed E-state index contributed by atoms with van der Waals surface area (Å²) in [7, 11) is 0. The molecule has 1 amide bonds. The molecule has 0 spiro atoms. The summed E-state index contributed by atoms with van der Waals surface area (Å²) in [6, 6.07) is 8.05. The molecule has 30 heavy (non-hydrogen) atoms. The van der Waals surface area contributed by atoms with Gasteiger partial charge in [0, 0.05) is 36.9 Å². The smallest absolute Gasteiger partial charge is 0.256 e. The number of carbonyl (C=O) groups excluding carboxylic acids is 1. The van der Waals surface area contributed by atoms with Crippen molar-refractivity contribution in [2.24, 2.45) is 5.92 Å². The largest absolute Gasteiger partial charge is 0.336 e. The number of nitrogens with zero attached hydrogens (tertiary/aromatic N) is 7. The van der Waals surface area contributed by atoms with Crippen LogP contribution in [0.4, 0.5) is 5.95 Å². The van der Waals surface area contributed by atoms with Crippen LogP contribution in [0.25, 0.3) is 5.69 Å². The molecule has 2 aliphatic heterocycles. The minimum Gasteiger partial charge on any atom is -0.336 e. The van der Waals surface area contributed by atoms with E-state index < -0.39 is 0 Å². The van der Waals surface area contributed by atoms with E-state index in [9.17, 15) is 4.79 Å². The van der Waals surface area contributed by atoms with E-state index in [1.54, 1.807) is 17.1 Å². The first-order valence-corrected chi connectivity index (χ1v) is 10.4. The van der Waals surface area contributed by atoms with Crippen LogP contribution in [0.1, 0.15) is 33.7 Å². The Bertz CT molecular complexity index is 1070. The van der Waals surface area contributed by atoms with E-state index in [0.717, 1.165) is 48.1 Å². The van der Waals surface area contributed by atoms with Gasteiger partial charge in [0.1, 0.15) is 0 Å². The Labute approximate surface area is 175 Å². The number of piperidine rings is 1. The molecule has 0 radical (unpaired) electrons. The van der Waals surface area contributed by atoms with Crippen molar-refractivity contribution < 1.29 is 4.79 Å². The van der Waals surface area contributed by atoms with Crippen molar-refractivity contribution in [2.75, 3.05) is 24.5 Å². The maximum atomic E-state index is 13.5. The van der Waals surface area contributed by atoms with E-state index in [2.05, 4.69) is 25.2 Å². The number of anilines is 1. The van der Waals surface area contributed by atoms with E-state index >= 15 is 0 Å². The summed E-state index contributed by atoms with van der Waals surface area (Å²) in [5.41, 5.74) is 4.40. The van der Waals surface area contributed by atoms with E-state index in [0.29, 0.717) is 18.0 Å². The zero-order chi connectivity index (χ0) is 20.8. The fourth-order valence-electron chi connectivity index (χ4n) is 4.68. The number of carbonyl (C=O) groups is 1. The number of aryl methyl sites for hydroxylation is 3. The third-order valence-corrected chi connectivity index (χ3v) is 6.19. The second kappa shape index (κ2) is 7.19. The second-order valence-electron chi connectivity index (χ2n) is 8.29. The van der Waals surface area contributed by atoms with Gasteiger partial charge in [-0.25, -0.2) is 14.6 Å².